The summed E-state index contributed by atoms with van der Waals surface area (Å²) in [4.78, 5) is 41.6. The van der Waals surface area contributed by atoms with Gasteiger partial charge in [0.1, 0.15) is 5.75 Å². The van der Waals surface area contributed by atoms with Crippen molar-refractivity contribution in [3.63, 3.8) is 0 Å². The second-order valence-electron chi connectivity index (χ2n) is 9.59. The van der Waals surface area contributed by atoms with E-state index in [1.54, 1.807) is 12.0 Å². The molecule has 1 unspecified atom stereocenters. The number of methoxy groups -OCH3 is 1. The lowest BCUT2D eigenvalue weighted by molar-refractivity contribution is -0.134. The molecule has 1 saturated heterocycles. The molecule has 9 nitrogen and oxygen atoms in total. The van der Waals surface area contributed by atoms with E-state index >= 15 is 0 Å². The number of hydrogen-bond donors (Lipinski definition) is 1. The first-order valence-electron chi connectivity index (χ1n) is 12.9. The molecule has 6 rings (SSSR count). The lowest BCUT2D eigenvalue weighted by Gasteiger charge is -2.38. The molecule has 0 radical (unpaired) electrons. The van der Waals surface area contributed by atoms with Crippen molar-refractivity contribution in [2.24, 2.45) is 0 Å². The van der Waals surface area contributed by atoms with Gasteiger partial charge in [-0.1, -0.05) is 12.1 Å². The van der Waals surface area contributed by atoms with Gasteiger partial charge in [-0.15, -0.1) is 0 Å². The molecule has 0 spiro atoms. The van der Waals surface area contributed by atoms with Crippen LogP contribution < -0.4 is 19.5 Å². The molecule has 4 heterocycles. The van der Waals surface area contributed by atoms with E-state index in [4.69, 9.17) is 14.2 Å². The second kappa shape index (κ2) is 11.1. The van der Waals surface area contributed by atoms with Gasteiger partial charge in [-0.05, 0) is 60.2 Å². The molecular formula is C28H33N3O6. The molecule has 1 fully saturated rings. The summed E-state index contributed by atoms with van der Waals surface area (Å²) in [5, 5.41) is 2.85. The summed E-state index contributed by atoms with van der Waals surface area (Å²) in [6, 6.07) is 11.3. The van der Waals surface area contributed by atoms with Crippen molar-refractivity contribution >= 4 is 17.7 Å². The van der Waals surface area contributed by atoms with Gasteiger partial charge in [0.05, 0.1) is 19.8 Å². The smallest absolute Gasteiger partial charge is 0.257 e. The number of carbonyl (C=O) groups is 3. The summed E-state index contributed by atoms with van der Waals surface area (Å²) in [6.45, 7) is 2.51. The number of benzene rings is 2. The molecule has 6 bridgehead atoms. The number of likely N-dealkylation sites (tertiary alicyclic amines) is 1. The van der Waals surface area contributed by atoms with E-state index in [2.05, 4.69) is 5.32 Å². The number of ether oxygens (including phenoxy) is 3. The van der Waals surface area contributed by atoms with E-state index in [-0.39, 0.29) is 36.8 Å². The number of nitrogens with zero attached hydrogens (tertiary/aromatic N) is 2. The lowest BCUT2D eigenvalue weighted by Crippen LogP contribution is -2.42. The Hall–Kier alpha value is -3.75. The Morgan fingerprint density at radius 1 is 1.11 bits per heavy atom. The third-order valence-electron chi connectivity index (χ3n) is 7.19. The summed E-state index contributed by atoms with van der Waals surface area (Å²) >= 11 is 0. The van der Waals surface area contributed by atoms with Gasteiger partial charge in [0.2, 0.25) is 11.8 Å². The maximum atomic E-state index is 13.6. The SMILES string of the molecule is COc1cc2c3cc1OCC(=O)NCCCOc1cccc(c1)C2N(C(=O)CCN1CCCC1=O)CC3. The molecule has 37 heavy (non-hydrogen) atoms. The molecule has 4 aliphatic heterocycles. The van der Waals surface area contributed by atoms with Crippen LogP contribution in [0.1, 0.15) is 48.4 Å². The molecule has 0 saturated carbocycles. The highest BCUT2D eigenvalue weighted by Crippen LogP contribution is 2.42. The van der Waals surface area contributed by atoms with Crippen LogP contribution in [0.4, 0.5) is 0 Å². The van der Waals surface area contributed by atoms with Gasteiger partial charge < -0.3 is 29.3 Å². The molecule has 1 atom stereocenters. The van der Waals surface area contributed by atoms with Crippen molar-refractivity contribution in [2.45, 2.75) is 38.1 Å². The molecule has 2 aromatic carbocycles. The van der Waals surface area contributed by atoms with Crippen LogP contribution in [0.5, 0.6) is 17.2 Å². The normalized spacial score (nSPS) is 19.8. The maximum absolute atomic E-state index is 13.6. The van der Waals surface area contributed by atoms with Crippen LogP contribution in [-0.4, -0.2) is 74.0 Å². The van der Waals surface area contributed by atoms with E-state index in [9.17, 15) is 14.4 Å². The van der Waals surface area contributed by atoms with E-state index < -0.39 is 0 Å². The van der Waals surface area contributed by atoms with Crippen LogP contribution in [0.25, 0.3) is 0 Å². The van der Waals surface area contributed by atoms with Crippen molar-refractivity contribution in [1.82, 2.24) is 15.1 Å². The average Bonchev–Trinajstić information content (AvgIpc) is 3.33. The second-order valence-corrected chi connectivity index (χ2v) is 9.59. The Balaban J connectivity index is 1.51. The first-order valence-corrected chi connectivity index (χ1v) is 12.9. The van der Waals surface area contributed by atoms with Gasteiger partial charge in [-0.25, -0.2) is 0 Å². The van der Waals surface area contributed by atoms with Gasteiger partial charge in [0.25, 0.3) is 5.91 Å². The van der Waals surface area contributed by atoms with Crippen molar-refractivity contribution in [3.8, 4) is 17.2 Å². The van der Waals surface area contributed by atoms with Gasteiger partial charge in [0.15, 0.2) is 18.1 Å². The minimum atomic E-state index is -0.340. The fourth-order valence-corrected chi connectivity index (χ4v) is 5.30. The van der Waals surface area contributed by atoms with Gasteiger partial charge in [0, 0.05) is 39.0 Å². The Morgan fingerprint density at radius 2 is 2.00 bits per heavy atom. The lowest BCUT2D eigenvalue weighted by atomic mass is 9.87. The molecule has 196 valence electrons. The summed E-state index contributed by atoms with van der Waals surface area (Å²) in [5.41, 5.74) is 2.94. The van der Waals surface area contributed by atoms with Crippen LogP contribution in [-0.2, 0) is 20.8 Å². The third-order valence-corrected chi connectivity index (χ3v) is 7.19. The number of carbonyl (C=O) groups excluding carboxylic acids is 3. The zero-order chi connectivity index (χ0) is 25.8. The molecule has 0 aromatic heterocycles. The predicted octanol–water partition coefficient (Wildman–Crippen LogP) is 2.46. The van der Waals surface area contributed by atoms with Crippen LogP contribution in [0.15, 0.2) is 36.4 Å². The van der Waals surface area contributed by atoms with Crippen molar-refractivity contribution in [3.05, 3.63) is 53.1 Å². The van der Waals surface area contributed by atoms with Crippen molar-refractivity contribution < 1.29 is 28.6 Å². The average molecular weight is 508 g/mol. The molecule has 4 aliphatic rings. The minimum Gasteiger partial charge on any atom is -0.494 e. The van der Waals surface area contributed by atoms with Crippen LogP contribution in [0.2, 0.25) is 0 Å². The third kappa shape index (κ3) is 5.50. The Bertz CT molecular complexity index is 1180. The first-order chi connectivity index (χ1) is 18.0. The quantitative estimate of drug-likeness (QED) is 0.683. The highest BCUT2D eigenvalue weighted by atomic mass is 16.5. The summed E-state index contributed by atoms with van der Waals surface area (Å²) in [7, 11) is 1.56. The molecule has 2 aromatic rings. The maximum Gasteiger partial charge on any atom is 0.257 e. The number of rotatable bonds is 4. The minimum absolute atomic E-state index is 0.00652. The van der Waals surface area contributed by atoms with Crippen LogP contribution in [0, 0.1) is 0 Å². The number of nitrogens with one attached hydrogen (secondary N) is 1. The zero-order valence-electron chi connectivity index (χ0n) is 21.2. The number of fused-ring (bicyclic) bond motifs is 8. The van der Waals surface area contributed by atoms with E-state index in [0.29, 0.717) is 62.8 Å². The zero-order valence-corrected chi connectivity index (χ0v) is 21.2. The van der Waals surface area contributed by atoms with Crippen molar-refractivity contribution in [1.29, 1.82) is 0 Å². The fraction of sp³-hybridized carbons (Fsp3) is 0.464. The first kappa shape index (κ1) is 24.9. The highest BCUT2D eigenvalue weighted by molar-refractivity contribution is 5.81. The summed E-state index contributed by atoms with van der Waals surface area (Å²) in [6.07, 6.45) is 2.99. The van der Waals surface area contributed by atoms with E-state index in [0.717, 1.165) is 29.7 Å². The number of hydrogen-bond acceptors (Lipinski definition) is 6. The van der Waals surface area contributed by atoms with Crippen LogP contribution >= 0.6 is 0 Å². The molecule has 3 amide bonds. The van der Waals surface area contributed by atoms with E-state index in [1.807, 2.05) is 41.3 Å². The highest BCUT2D eigenvalue weighted by Gasteiger charge is 2.34. The van der Waals surface area contributed by atoms with Gasteiger partial charge in [-0.3, -0.25) is 14.4 Å². The molecule has 9 heteroatoms. The van der Waals surface area contributed by atoms with Crippen LogP contribution in [0.3, 0.4) is 0 Å². The fourth-order valence-electron chi connectivity index (χ4n) is 5.30. The summed E-state index contributed by atoms with van der Waals surface area (Å²) in [5.74, 6) is 1.65. The number of amides is 3. The van der Waals surface area contributed by atoms with Crippen molar-refractivity contribution in [2.75, 3.05) is 46.5 Å². The summed E-state index contributed by atoms with van der Waals surface area (Å²) < 4.78 is 17.4. The standard InChI is InChI=1S/C28H33N3O6/c1-35-23-17-22-19-8-13-31(27(34)9-12-30-11-3-7-26(30)33)28(22)20-5-2-6-21(15-20)36-14-4-10-29-25(32)18-37-24(23)16-19/h2,5-6,15-17,28H,3-4,7-14,18H2,1H3,(H,29,32). The molecular weight excluding hydrogens is 474 g/mol. The van der Waals surface area contributed by atoms with Gasteiger partial charge >= 0.3 is 0 Å². The van der Waals surface area contributed by atoms with Gasteiger partial charge in [-0.2, -0.15) is 0 Å². The largest absolute Gasteiger partial charge is 0.494 e. The topological polar surface area (TPSA) is 97.4 Å². The Morgan fingerprint density at radius 3 is 2.81 bits per heavy atom. The Kier molecular flexibility index (Phi) is 7.48. The molecule has 1 N–H and O–H groups in total. The molecule has 0 aliphatic carbocycles. The van der Waals surface area contributed by atoms with E-state index in [1.165, 1.54) is 0 Å². The Labute approximate surface area is 216 Å². The predicted molar refractivity (Wildman–Crippen MR) is 136 cm³/mol. The monoisotopic (exact) mass is 507 g/mol.